The molecule has 1 aromatic heterocycles. The maximum Gasteiger partial charge on any atom is 0.252 e. The van der Waals surface area contributed by atoms with Gasteiger partial charge >= 0.3 is 0 Å². The average molecular weight is 280 g/mol. The van der Waals surface area contributed by atoms with Crippen LogP contribution < -0.4 is 0 Å². The Kier molecular flexibility index (Phi) is 3.59. The summed E-state index contributed by atoms with van der Waals surface area (Å²) in [6, 6.07) is 3.34. The molecule has 16 heavy (non-hydrogen) atoms. The van der Waals surface area contributed by atoms with E-state index in [1.165, 1.54) is 11.3 Å². The lowest BCUT2D eigenvalue weighted by atomic mass is 10.1. The Morgan fingerprint density at radius 2 is 2.38 bits per heavy atom. The van der Waals surface area contributed by atoms with Crippen LogP contribution in [-0.4, -0.2) is 31.2 Å². The van der Waals surface area contributed by atoms with E-state index in [0.717, 1.165) is 6.42 Å². The van der Waals surface area contributed by atoms with E-state index in [0.29, 0.717) is 22.6 Å². The van der Waals surface area contributed by atoms with Gasteiger partial charge in [-0.15, -0.1) is 22.9 Å². The number of thiophene rings is 1. The Hall–Kier alpha value is -0.100. The van der Waals surface area contributed by atoms with Crippen molar-refractivity contribution in [2.45, 2.75) is 23.6 Å². The van der Waals surface area contributed by atoms with E-state index in [2.05, 4.69) is 6.92 Å². The third-order valence-corrected chi connectivity index (χ3v) is 6.66. The molecule has 0 aromatic carbocycles. The van der Waals surface area contributed by atoms with Crippen LogP contribution >= 0.6 is 22.9 Å². The molecule has 0 spiro atoms. The van der Waals surface area contributed by atoms with Crippen LogP contribution in [0.25, 0.3) is 0 Å². The lowest BCUT2D eigenvalue weighted by molar-refractivity contribution is 0.376. The van der Waals surface area contributed by atoms with E-state index in [1.54, 1.807) is 21.8 Å². The summed E-state index contributed by atoms with van der Waals surface area (Å²) in [7, 11) is -3.32. The molecule has 0 saturated carbocycles. The van der Waals surface area contributed by atoms with Gasteiger partial charge in [0.2, 0.25) is 0 Å². The van der Waals surface area contributed by atoms with E-state index in [9.17, 15) is 8.42 Å². The van der Waals surface area contributed by atoms with Gasteiger partial charge in [0.25, 0.3) is 10.0 Å². The van der Waals surface area contributed by atoms with Crippen molar-refractivity contribution in [1.29, 1.82) is 0 Å². The monoisotopic (exact) mass is 279 g/mol. The maximum absolute atomic E-state index is 12.3. The molecule has 1 aliphatic rings. The van der Waals surface area contributed by atoms with Gasteiger partial charge in [-0.3, -0.25) is 0 Å². The lowest BCUT2D eigenvalue weighted by Crippen LogP contribution is -2.38. The van der Waals surface area contributed by atoms with Gasteiger partial charge in [-0.1, -0.05) is 13.0 Å². The highest BCUT2D eigenvalue weighted by Crippen LogP contribution is 2.32. The van der Waals surface area contributed by atoms with E-state index in [-0.39, 0.29) is 6.04 Å². The second kappa shape index (κ2) is 4.64. The standard InChI is InChI=1S/C10H14ClNO2S2/c1-8-4-5-12(9(8)7-11)16(13,14)10-3-2-6-15-10/h2-3,6,8-9H,4-5,7H2,1H3. The largest absolute Gasteiger partial charge is 0.252 e. The highest BCUT2D eigenvalue weighted by atomic mass is 35.5. The third kappa shape index (κ3) is 2.01. The van der Waals surface area contributed by atoms with Crippen LogP contribution in [0.15, 0.2) is 21.7 Å². The van der Waals surface area contributed by atoms with E-state index >= 15 is 0 Å². The number of hydrogen-bond acceptors (Lipinski definition) is 3. The van der Waals surface area contributed by atoms with Crippen LogP contribution in [0, 0.1) is 5.92 Å². The van der Waals surface area contributed by atoms with Crippen molar-refractivity contribution in [3.05, 3.63) is 17.5 Å². The van der Waals surface area contributed by atoms with Gasteiger partial charge in [0.05, 0.1) is 0 Å². The fourth-order valence-electron chi connectivity index (χ4n) is 2.03. The van der Waals surface area contributed by atoms with Gasteiger partial charge in [-0.25, -0.2) is 8.42 Å². The minimum absolute atomic E-state index is 0.0613. The molecule has 0 radical (unpaired) electrons. The van der Waals surface area contributed by atoms with Gasteiger partial charge in [0.1, 0.15) is 4.21 Å². The second-order valence-corrected chi connectivity index (χ2v) is 7.41. The molecule has 1 saturated heterocycles. The Labute approximate surface area is 105 Å². The summed E-state index contributed by atoms with van der Waals surface area (Å²) in [6.07, 6.45) is 0.891. The number of alkyl halides is 1. The van der Waals surface area contributed by atoms with Gasteiger partial charge in [0, 0.05) is 18.5 Å². The minimum Gasteiger partial charge on any atom is -0.206 e. The molecule has 1 aliphatic heterocycles. The Morgan fingerprint density at radius 1 is 1.62 bits per heavy atom. The summed E-state index contributed by atoms with van der Waals surface area (Å²) in [5, 5.41) is 1.78. The average Bonchev–Trinajstić information content (AvgIpc) is 2.85. The molecular weight excluding hydrogens is 266 g/mol. The van der Waals surface area contributed by atoms with Crippen molar-refractivity contribution >= 4 is 33.0 Å². The van der Waals surface area contributed by atoms with Crippen LogP contribution in [-0.2, 0) is 10.0 Å². The molecule has 0 aliphatic carbocycles. The van der Waals surface area contributed by atoms with Crippen molar-refractivity contribution in [2.75, 3.05) is 12.4 Å². The number of nitrogens with zero attached hydrogens (tertiary/aromatic N) is 1. The van der Waals surface area contributed by atoms with Crippen LogP contribution in [0.4, 0.5) is 0 Å². The first kappa shape index (κ1) is 12.4. The molecule has 0 bridgehead atoms. The molecule has 2 heterocycles. The minimum atomic E-state index is -3.32. The van der Waals surface area contributed by atoms with Gasteiger partial charge < -0.3 is 0 Å². The predicted molar refractivity (Wildman–Crippen MR) is 66.5 cm³/mol. The van der Waals surface area contributed by atoms with Gasteiger partial charge in [-0.05, 0) is 23.8 Å². The van der Waals surface area contributed by atoms with Gasteiger partial charge in [-0.2, -0.15) is 4.31 Å². The fraction of sp³-hybridized carbons (Fsp3) is 0.600. The van der Waals surface area contributed by atoms with Crippen LogP contribution in [0.1, 0.15) is 13.3 Å². The summed E-state index contributed by atoms with van der Waals surface area (Å²) < 4.78 is 26.5. The molecule has 1 aromatic rings. The normalized spacial score (nSPS) is 27.4. The van der Waals surface area contributed by atoms with E-state index in [1.807, 2.05) is 0 Å². The first-order valence-electron chi connectivity index (χ1n) is 5.18. The molecular formula is C10H14ClNO2S2. The molecule has 2 atom stereocenters. The van der Waals surface area contributed by atoms with Crippen molar-refractivity contribution in [3.8, 4) is 0 Å². The summed E-state index contributed by atoms with van der Waals surface area (Å²) in [5.41, 5.74) is 0. The number of rotatable bonds is 3. The van der Waals surface area contributed by atoms with Gasteiger partial charge in [0.15, 0.2) is 0 Å². The zero-order chi connectivity index (χ0) is 11.8. The van der Waals surface area contributed by atoms with Crippen LogP contribution in [0.2, 0.25) is 0 Å². The van der Waals surface area contributed by atoms with Crippen molar-refractivity contribution in [1.82, 2.24) is 4.31 Å². The first-order chi connectivity index (χ1) is 7.57. The zero-order valence-corrected chi connectivity index (χ0v) is 11.4. The Balaban J connectivity index is 2.32. The number of halogens is 1. The molecule has 6 heteroatoms. The van der Waals surface area contributed by atoms with Crippen molar-refractivity contribution in [2.24, 2.45) is 5.92 Å². The SMILES string of the molecule is CC1CCN(S(=O)(=O)c2cccs2)C1CCl. The fourth-order valence-corrected chi connectivity index (χ4v) is 5.43. The summed E-state index contributed by atoms with van der Waals surface area (Å²) in [6.45, 7) is 2.63. The molecule has 1 fully saturated rings. The molecule has 0 N–H and O–H groups in total. The molecule has 90 valence electrons. The number of hydrogen-bond donors (Lipinski definition) is 0. The summed E-state index contributed by atoms with van der Waals surface area (Å²) in [4.78, 5) is 0. The highest BCUT2D eigenvalue weighted by Gasteiger charge is 2.39. The summed E-state index contributed by atoms with van der Waals surface area (Å²) >= 11 is 7.12. The third-order valence-electron chi connectivity index (χ3n) is 3.05. The van der Waals surface area contributed by atoms with Crippen LogP contribution in [0.3, 0.4) is 0 Å². The summed E-state index contributed by atoms with van der Waals surface area (Å²) in [5.74, 6) is 0.707. The molecule has 0 amide bonds. The van der Waals surface area contributed by atoms with E-state index < -0.39 is 10.0 Å². The van der Waals surface area contributed by atoms with Crippen molar-refractivity contribution in [3.63, 3.8) is 0 Å². The quantitative estimate of drug-likeness (QED) is 0.797. The second-order valence-electron chi connectivity index (χ2n) is 4.04. The van der Waals surface area contributed by atoms with Crippen LogP contribution in [0.5, 0.6) is 0 Å². The first-order valence-corrected chi connectivity index (χ1v) is 8.04. The predicted octanol–water partition coefficient (Wildman–Crippen LogP) is 2.39. The van der Waals surface area contributed by atoms with E-state index in [4.69, 9.17) is 11.6 Å². The topological polar surface area (TPSA) is 37.4 Å². The number of sulfonamides is 1. The molecule has 2 rings (SSSR count). The Morgan fingerprint density at radius 3 is 2.94 bits per heavy atom. The lowest BCUT2D eigenvalue weighted by Gasteiger charge is -2.23. The zero-order valence-electron chi connectivity index (χ0n) is 8.97. The maximum atomic E-state index is 12.3. The molecule has 3 nitrogen and oxygen atoms in total. The molecule has 2 unspecified atom stereocenters. The highest BCUT2D eigenvalue weighted by molar-refractivity contribution is 7.91. The smallest absolute Gasteiger partial charge is 0.206 e. The van der Waals surface area contributed by atoms with Crippen molar-refractivity contribution < 1.29 is 8.42 Å². The Bertz CT molecular complexity index is 443.